The molecule has 0 aliphatic carbocycles. The molecule has 2 unspecified atom stereocenters. The molecule has 1 fully saturated rings. The van der Waals surface area contributed by atoms with Crippen LogP contribution in [0.5, 0.6) is 0 Å². The van der Waals surface area contributed by atoms with Gasteiger partial charge in [-0.3, -0.25) is 9.09 Å². The Hall–Kier alpha value is -0.830. The van der Waals surface area contributed by atoms with Crippen LogP contribution in [0.25, 0.3) is 11.2 Å². The molecule has 0 radical (unpaired) electrons. The highest BCUT2D eigenvalue weighted by Crippen LogP contribution is 2.66. The van der Waals surface area contributed by atoms with Crippen LogP contribution >= 0.6 is 35.1 Å². The third-order valence-electron chi connectivity index (χ3n) is 3.65. The second-order valence-corrected chi connectivity index (χ2v) is 10.6. The molecular weight excluding hydrogens is 497 g/mol. The SMILES string of the molecule is O=P(O)(O)OP(=O)(O)OP(=O)(O)OC[C@H]1O[C@@H](n2cnc3c(Cl)ncnc32)C[C@H]1O. The van der Waals surface area contributed by atoms with E-state index >= 15 is 0 Å². The Labute approximate surface area is 171 Å². The molecule has 16 nitrogen and oxygen atoms in total. The van der Waals surface area contributed by atoms with E-state index in [1.54, 1.807) is 0 Å². The zero-order valence-electron chi connectivity index (χ0n) is 14.4. The van der Waals surface area contributed by atoms with Crippen molar-refractivity contribution in [1.29, 1.82) is 0 Å². The molecule has 20 heteroatoms. The molecule has 1 saturated heterocycles. The van der Waals surface area contributed by atoms with Gasteiger partial charge in [0.1, 0.15) is 24.2 Å². The van der Waals surface area contributed by atoms with Gasteiger partial charge in [-0.15, -0.1) is 0 Å². The molecule has 3 heterocycles. The summed E-state index contributed by atoms with van der Waals surface area (Å²) < 4.78 is 52.3. The topological polar surface area (TPSA) is 233 Å². The van der Waals surface area contributed by atoms with Crippen LogP contribution in [-0.2, 0) is 31.6 Å². The molecule has 0 bridgehead atoms. The second-order valence-electron chi connectivity index (χ2n) is 5.81. The van der Waals surface area contributed by atoms with Crippen LogP contribution in [-0.4, -0.2) is 63.0 Å². The Balaban J connectivity index is 1.64. The van der Waals surface area contributed by atoms with Crippen LogP contribution < -0.4 is 0 Å². The summed E-state index contributed by atoms with van der Waals surface area (Å²) in [4.78, 5) is 47.4. The maximum absolute atomic E-state index is 11.8. The van der Waals surface area contributed by atoms with Crippen molar-refractivity contribution in [2.45, 2.75) is 24.9 Å². The quantitative estimate of drug-likeness (QED) is 0.240. The number of phosphoric acid groups is 3. The molecule has 1 aliphatic heterocycles. The van der Waals surface area contributed by atoms with Crippen molar-refractivity contribution in [3.63, 3.8) is 0 Å². The standard InChI is InChI=1S/C10H14ClN4O12P3/c11-9-8-10(13-3-12-9)15(4-14-8)7-1-5(16)6(25-7)2-24-29(20,21)27-30(22,23)26-28(17,18)19/h3-7,16H,1-2H2,(H,20,21)(H,22,23)(H2,17,18,19)/t5-,6-,7-/m1/s1. The molecule has 5 atom stereocenters. The van der Waals surface area contributed by atoms with Crippen molar-refractivity contribution < 1.29 is 56.3 Å². The van der Waals surface area contributed by atoms with Gasteiger partial charge in [-0.2, -0.15) is 8.62 Å². The summed E-state index contributed by atoms with van der Waals surface area (Å²) in [5.74, 6) is 0. The average Bonchev–Trinajstić information content (AvgIpc) is 3.14. The molecule has 2 aromatic rings. The molecule has 0 amide bonds. The van der Waals surface area contributed by atoms with Gasteiger partial charge in [-0.25, -0.2) is 28.6 Å². The van der Waals surface area contributed by atoms with Crippen LogP contribution in [0, 0.1) is 0 Å². The molecular formula is C10H14ClN4O12P3. The fraction of sp³-hybridized carbons (Fsp3) is 0.500. The third-order valence-corrected chi connectivity index (χ3v) is 7.73. The molecule has 30 heavy (non-hydrogen) atoms. The van der Waals surface area contributed by atoms with Gasteiger partial charge in [-0.05, 0) is 0 Å². The Bertz CT molecular complexity index is 1080. The van der Waals surface area contributed by atoms with Gasteiger partial charge in [0, 0.05) is 6.42 Å². The summed E-state index contributed by atoms with van der Waals surface area (Å²) in [6, 6.07) is 0. The molecule has 0 saturated carbocycles. The number of ether oxygens (including phenoxy) is 1. The Morgan fingerprint density at radius 2 is 1.83 bits per heavy atom. The summed E-state index contributed by atoms with van der Waals surface area (Å²) in [6.07, 6.45) is -0.663. The first-order valence-corrected chi connectivity index (χ1v) is 12.6. The molecule has 168 valence electrons. The number of phosphoric ester groups is 1. The number of halogens is 1. The van der Waals surface area contributed by atoms with Crippen molar-refractivity contribution >= 4 is 46.2 Å². The molecule has 0 spiro atoms. The number of imidazole rings is 1. The minimum absolute atomic E-state index is 0.00247. The van der Waals surface area contributed by atoms with Gasteiger partial charge in [0.05, 0.1) is 19.0 Å². The minimum Gasteiger partial charge on any atom is -0.390 e. The van der Waals surface area contributed by atoms with Crippen LogP contribution in [0.4, 0.5) is 0 Å². The first-order valence-electron chi connectivity index (χ1n) is 7.71. The Kier molecular flexibility index (Phi) is 6.83. The predicted octanol–water partition coefficient (Wildman–Crippen LogP) is 0.471. The maximum Gasteiger partial charge on any atom is 0.490 e. The number of aromatic nitrogens is 4. The molecule has 3 rings (SSSR count). The number of aliphatic hydroxyl groups excluding tert-OH is 1. The molecule has 2 aromatic heterocycles. The number of fused-ring (bicyclic) bond motifs is 1. The number of aliphatic hydroxyl groups is 1. The third kappa shape index (κ3) is 5.90. The van der Waals surface area contributed by atoms with Gasteiger partial charge in [-0.1, -0.05) is 11.6 Å². The zero-order valence-corrected chi connectivity index (χ0v) is 17.8. The van der Waals surface area contributed by atoms with Gasteiger partial charge >= 0.3 is 23.5 Å². The van der Waals surface area contributed by atoms with Gasteiger partial charge in [0.25, 0.3) is 0 Å². The largest absolute Gasteiger partial charge is 0.490 e. The fourth-order valence-corrected chi connectivity index (χ4v) is 5.75. The highest BCUT2D eigenvalue weighted by Gasteiger charge is 2.43. The molecule has 1 aliphatic rings. The number of rotatable bonds is 8. The smallest absolute Gasteiger partial charge is 0.390 e. The zero-order chi connectivity index (χ0) is 22.3. The van der Waals surface area contributed by atoms with Crippen LogP contribution in [0.15, 0.2) is 12.7 Å². The van der Waals surface area contributed by atoms with Crippen molar-refractivity contribution in [1.82, 2.24) is 19.5 Å². The van der Waals surface area contributed by atoms with E-state index in [9.17, 15) is 23.7 Å². The lowest BCUT2D eigenvalue weighted by Gasteiger charge is -2.19. The van der Waals surface area contributed by atoms with Crippen LogP contribution in [0.1, 0.15) is 12.6 Å². The van der Waals surface area contributed by atoms with Gasteiger partial charge in [0.15, 0.2) is 10.8 Å². The normalized spacial score (nSPS) is 26.5. The van der Waals surface area contributed by atoms with E-state index in [1.165, 1.54) is 17.2 Å². The fourth-order valence-electron chi connectivity index (χ4n) is 2.54. The number of hydrogen-bond acceptors (Lipinski definition) is 11. The lowest BCUT2D eigenvalue weighted by Crippen LogP contribution is -2.26. The van der Waals surface area contributed by atoms with Crippen LogP contribution in [0.2, 0.25) is 5.15 Å². The second kappa shape index (κ2) is 8.60. The summed E-state index contributed by atoms with van der Waals surface area (Å²) in [6.45, 7) is -0.788. The number of hydrogen-bond donors (Lipinski definition) is 5. The van der Waals surface area contributed by atoms with E-state index in [0.29, 0.717) is 5.65 Å². The van der Waals surface area contributed by atoms with Gasteiger partial charge in [0.2, 0.25) is 0 Å². The number of nitrogens with zero attached hydrogens (tertiary/aromatic N) is 4. The Morgan fingerprint density at radius 3 is 2.50 bits per heavy atom. The maximum atomic E-state index is 11.8. The summed E-state index contributed by atoms with van der Waals surface area (Å²) >= 11 is 5.91. The van der Waals surface area contributed by atoms with E-state index in [-0.39, 0.29) is 17.1 Å². The first-order chi connectivity index (χ1) is 13.8. The Morgan fingerprint density at radius 1 is 1.13 bits per heavy atom. The van der Waals surface area contributed by atoms with Crippen molar-refractivity contribution in [2.75, 3.05) is 6.61 Å². The van der Waals surface area contributed by atoms with E-state index in [4.69, 9.17) is 31.0 Å². The van der Waals surface area contributed by atoms with E-state index in [1.807, 2.05) is 0 Å². The van der Waals surface area contributed by atoms with E-state index in [0.717, 1.165) is 0 Å². The highest BCUT2D eigenvalue weighted by atomic mass is 35.5. The average molecular weight is 511 g/mol. The molecule has 5 N–H and O–H groups in total. The summed E-state index contributed by atoms with van der Waals surface area (Å²) in [7, 11) is -16.5. The lowest BCUT2D eigenvalue weighted by molar-refractivity contribution is -0.0423. The first kappa shape index (κ1) is 23.8. The monoisotopic (exact) mass is 510 g/mol. The van der Waals surface area contributed by atoms with Crippen molar-refractivity contribution in [3.8, 4) is 0 Å². The predicted molar refractivity (Wildman–Crippen MR) is 94.7 cm³/mol. The highest BCUT2D eigenvalue weighted by molar-refractivity contribution is 7.66. The van der Waals surface area contributed by atoms with E-state index < -0.39 is 48.5 Å². The van der Waals surface area contributed by atoms with Crippen molar-refractivity contribution in [2.24, 2.45) is 0 Å². The van der Waals surface area contributed by atoms with Gasteiger partial charge < -0.3 is 29.4 Å². The molecule has 0 aromatic carbocycles. The van der Waals surface area contributed by atoms with Crippen molar-refractivity contribution in [3.05, 3.63) is 17.8 Å². The van der Waals surface area contributed by atoms with Crippen LogP contribution in [0.3, 0.4) is 0 Å². The van der Waals surface area contributed by atoms with E-state index in [2.05, 4.69) is 28.1 Å². The summed E-state index contributed by atoms with van der Waals surface area (Å²) in [5.41, 5.74) is 0.592. The minimum atomic E-state index is -5.64. The summed E-state index contributed by atoms with van der Waals surface area (Å²) in [5, 5.41) is 10.2. The lowest BCUT2D eigenvalue weighted by atomic mass is 10.2.